The van der Waals surface area contributed by atoms with Gasteiger partial charge in [-0.15, -0.1) is 0 Å². The van der Waals surface area contributed by atoms with Gasteiger partial charge in [-0.1, -0.05) is 23.2 Å². The second-order valence-electron chi connectivity index (χ2n) is 4.55. The van der Waals surface area contributed by atoms with Gasteiger partial charge in [-0.05, 0) is 24.3 Å². The van der Waals surface area contributed by atoms with E-state index in [2.05, 4.69) is 4.98 Å². The molecule has 0 aliphatic heterocycles. The molecule has 5 nitrogen and oxygen atoms in total. The summed E-state index contributed by atoms with van der Waals surface area (Å²) in [5.41, 5.74) is 2.40. The fraction of sp³-hybridized carbons (Fsp3) is 0.0714. The third-order valence-electron chi connectivity index (χ3n) is 3.26. The van der Waals surface area contributed by atoms with E-state index < -0.39 is 4.92 Å². The van der Waals surface area contributed by atoms with E-state index in [1.54, 1.807) is 24.3 Å². The van der Waals surface area contributed by atoms with Crippen molar-refractivity contribution in [2.45, 2.75) is 0 Å². The molecule has 0 saturated heterocycles. The van der Waals surface area contributed by atoms with Crippen LogP contribution in [0.5, 0.6) is 0 Å². The predicted octanol–water partition coefficient (Wildman–Crippen LogP) is 4.46. The molecule has 0 aliphatic rings. The summed E-state index contributed by atoms with van der Waals surface area (Å²) in [5.74, 6) is 0.693. The van der Waals surface area contributed by atoms with E-state index in [1.165, 1.54) is 12.1 Å². The van der Waals surface area contributed by atoms with Crippen LogP contribution in [0, 0.1) is 10.1 Å². The van der Waals surface area contributed by atoms with Crippen molar-refractivity contribution < 1.29 is 4.92 Å². The Kier molecular flexibility index (Phi) is 3.31. The Morgan fingerprint density at radius 1 is 1.14 bits per heavy atom. The Morgan fingerprint density at radius 3 is 2.38 bits per heavy atom. The van der Waals surface area contributed by atoms with Gasteiger partial charge in [0.1, 0.15) is 5.82 Å². The summed E-state index contributed by atoms with van der Waals surface area (Å²) in [5, 5.41) is 11.6. The average Bonchev–Trinajstić information content (AvgIpc) is 2.77. The van der Waals surface area contributed by atoms with Crippen LogP contribution in [0.2, 0.25) is 10.0 Å². The van der Waals surface area contributed by atoms with Gasteiger partial charge in [0.2, 0.25) is 0 Å². The summed E-state index contributed by atoms with van der Waals surface area (Å²) in [4.78, 5) is 14.8. The molecule has 1 aromatic heterocycles. The Labute approximate surface area is 129 Å². The maximum atomic E-state index is 10.7. The molecule has 1 heterocycles. The van der Waals surface area contributed by atoms with Crippen LogP contribution < -0.4 is 0 Å². The molecule has 0 aliphatic carbocycles. The standard InChI is InChI=1S/C14H9Cl2N3O2/c1-18-13-7-11(16)10(15)6-12(13)17-14(18)8-2-4-9(5-3-8)19(20)21/h2-7H,1H3. The maximum absolute atomic E-state index is 10.7. The van der Waals surface area contributed by atoms with Crippen LogP contribution in [-0.4, -0.2) is 14.5 Å². The van der Waals surface area contributed by atoms with Crippen LogP contribution in [0.25, 0.3) is 22.4 Å². The first-order chi connectivity index (χ1) is 9.97. The fourth-order valence-electron chi connectivity index (χ4n) is 2.18. The molecule has 0 bridgehead atoms. The number of aromatic nitrogens is 2. The fourth-order valence-corrected chi connectivity index (χ4v) is 2.49. The highest BCUT2D eigenvalue weighted by Crippen LogP contribution is 2.31. The lowest BCUT2D eigenvalue weighted by atomic mass is 10.2. The van der Waals surface area contributed by atoms with Gasteiger partial charge >= 0.3 is 0 Å². The monoisotopic (exact) mass is 321 g/mol. The lowest BCUT2D eigenvalue weighted by Crippen LogP contribution is -1.93. The quantitative estimate of drug-likeness (QED) is 0.517. The molecule has 0 fully saturated rings. The number of rotatable bonds is 2. The van der Waals surface area contributed by atoms with Gasteiger partial charge in [0.05, 0.1) is 26.0 Å². The van der Waals surface area contributed by atoms with Crippen molar-refractivity contribution in [3.63, 3.8) is 0 Å². The molecule has 0 saturated carbocycles. The maximum Gasteiger partial charge on any atom is 0.269 e. The largest absolute Gasteiger partial charge is 0.327 e. The first kappa shape index (κ1) is 13.9. The summed E-state index contributed by atoms with van der Waals surface area (Å²) >= 11 is 12.0. The molecule has 0 unspecified atom stereocenters. The first-order valence-electron chi connectivity index (χ1n) is 6.03. The molecule has 7 heteroatoms. The number of nitro benzene ring substituents is 1. The second-order valence-corrected chi connectivity index (χ2v) is 5.37. The first-order valence-corrected chi connectivity index (χ1v) is 6.79. The van der Waals surface area contributed by atoms with E-state index >= 15 is 0 Å². The number of nitro groups is 1. The number of nitrogens with zero attached hydrogens (tertiary/aromatic N) is 3. The minimum absolute atomic E-state index is 0.0450. The molecule has 0 amide bonds. The van der Waals surface area contributed by atoms with Crippen LogP contribution in [0.1, 0.15) is 0 Å². The van der Waals surface area contributed by atoms with Crippen molar-refractivity contribution >= 4 is 39.9 Å². The number of imidazole rings is 1. The number of benzene rings is 2. The molecule has 0 radical (unpaired) electrons. The highest BCUT2D eigenvalue weighted by molar-refractivity contribution is 6.42. The lowest BCUT2D eigenvalue weighted by Gasteiger charge is -2.02. The SMILES string of the molecule is Cn1c(-c2ccc([N+](=O)[O-])cc2)nc2cc(Cl)c(Cl)cc21. The smallest absolute Gasteiger partial charge is 0.269 e. The number of hydrogen-bond acceptors (Lipinski definition) is 3. The molecular weight excluding hydrogens is 313 g/mol. The highest BCUT2D eigenvalue weighted by Gasteiger charge is 2.13. The second kappa shape index (κ2) is 5.02. The van der Waals surface area contributed by atoms with Crippen molar-refractivity contribution in [2.24, 2.45) is 7.05 Å². The molecule has 0 spiro atoms. The zero-order chi connectivity index (χ0) is 15.1. The number of non-ortho nitro benzene ring substituents is 1. The third kappa shape index (κ3) is 2.34. The molecule has 3 rings (SSSR count). The minimum atomic E-state index is -0.432. The Balaban J connectivity index is 2.16. The van der Waals surface area contributed by atoms with Crippen LogP contribution in [0.15, 0.2) is 36.4 Å². The van der Waals surface area contributed by atoms with Crippen LogP contribution in [0.3, 0.4) is 0 Å². The van der Waals surface area contributed by atoms with Gasteiger partial charge in [0, 0.05) is 24.7 Å². The summed E-state index contributed by atoms with van der Waals surface area (Å²) in [6.45, 7) is 0. The van der Waals surface area contributed by atoms with Gasteiger partial charge in [0.15, 0.2) is 0 Å². The predicted molar refractivity (Wildman–Crippen MR) is 82.8 cm³/mol. The van der Waals surface area contributed by atoms with Crippen molar-refractivity contribution in [1.82, 2.24) is 9.55 Å². The summed E-state index contributed by atoms with van der Waals surface area (Å²) in [6.07, 6.45) is 0. The zero-order valence-corrected chi connectivity index (χ0v) is 12.4. The Morgan fingerprint density at radius 2 is 1.76 bits per heavy atom. The summed E-state index contributed by atoms with van der Waals surface area (Å²) in [6, 6.07) is 9.70. The normalized spacial score (nSPS) is 11.0. The minimum Gasteiger partial charge on any atom is -0.327 e. The highest BCUT2D eigenvalue weighted by atomic mass is 35.5. The molecular formula is C14H9Cl2N3O2. The van der Waals surface area contributed by atoms with E-state index in [0.29, 0.717) is 15.9 Å². The molecule has 21 heavy (non-hydrogen) atoms. The molecule has 0 N–H and O–H groups in total. The lowest BCUT2D eigenvalue weighted by molar-refractivity contribution is -0.384. The number of aryl methyl sites for hydroxylation is 1. The van der Waals surface area contributed by atoms with Crippen molar-refractivity contribution in [1.29, 1.82) is 0 Å². The van der Waals surface area contributed by atoms with Crippen LogP contribution in [0.4, 0.5) is 5.69 Å². The van der Waals surface area contributed by atoms with E-state index in [-0.39, 0.29) is 5.69 Å². The van der Waals surface area contributed by atoms with E-state index in [0.717, 1.165) is 16.6 Å². The Bertz CT molecular complexity index is 857. The Hall–Kier alpha value is -2.11. The van der Waals surface area contributed by atoms with Crippen molar-refractivity contribution in [3.05, 3.63) is 56.6 Å². The van der Waals surface area contributed by atoms with Gasteiger partial charge in [-0.2, -0.15) is 0 Å². The van der Waals surface area contributed by atoms with Gasteiger partial charge in [-0.3, -0.25) is 10.1 Å². The molecule has 3 aromatic rings. The summed E-state index contributed by atoms with van der Waals surface area (Å²) in [7, 11) is 1.86. The van der Waals surface area contributed by atoms with Gasteiger partial charge < -0.3 is 4.57 Å². The average molecular weight is 322 g/mol. The van der Waals surface area contributed by atoms with E-state index in [4.69, 9.17) is 23.2 Å². The summed E-state index contributed by atoms with van der Waals surface area (Å²) < 4.78 is 1.87. The van der Waals surface area contributed by atoms with E-state index in [1.807, 2.05) is 11.6 Å². The van der Waals surface area contributed by atoms with Gasteiger partial charge in [-0.25, -0.2) is 4.98 Å². The molecule has 106 valence electrons. The number of hydrogen-bond donors (Lipinski definition) is 0. The van der Waals surface area contributed by atoms with Crippen molar-refractivity contribution in [2.75, 3.05) is 0 Å². The third-order valence-corrected chi connectivity index (χ3v) is 3.98. The number of fused-ring (bicyclic) bond motifs is 1. The molecule has 2 aromatic carbocycles. The molecule has 0 atom stereocenters. The van der Waals surface area contributed by atoms with Crippen LogP contribution in [-0.2, 0) is 7.05 Å². The van der Waals surface area contributed by atoms with Crippen molar-refractivity contribution in [3.8, 4) is 11.4 Å². The van der Waals surface area contributed by atoms with E-state index in [9.17, 15) is 10.1 Å². The zero-order valence-electron chi connectivity index (χ0n) is 10.9. The topological polar surface area (TPSA) is 61.0 Å². The van der Waals surface area contributed by atoms with Crippen LogP contribution >= 0.6 is 23.2 Å². The van der Waals surface area contributed by atoms with Gasteiger partial charge in [0.25, 0.3) is 5.69 Å². The number of halogens is 2.